The van der Waals surface area contributed by atoms with Gasteiger partial charge < -0.3 is 14.6 Å². The molecule has 158 valence electrons. The normalized spacial score (nSPS) is 26.4. The second-order valence-electron chi connectivity index (χ2n) is 7.85. The SMILES string of the molecule is O=[P+](O)CCC/C=C\C[C@@H]1[C@@H](CC[C@H](O)c2cc3ccccc3o2)[C@@H](F)C[C@@H]1O. The minimum Gasteiger partial charge on any atom is -0.458 e. The maximum atomic E-state index is 14.5. The van der Waals surface area contributed by atoms with Crippen molar-refractivity contribution in [2.45, 2.75) is 56.9 Å². The van der Waals surface area contributed by atoms with Crippen molar-refractivity contribution in [1.29, 1.82) is 0 Å². The number of hydrogen-bond acceptors (Lipinski definition) is 4. The summed E-state index contributed by atoms with van der Waals surface area (Å²) in [7, 11) is -2.09. The molecular weight excluding hydrogens is 394 g/mol. The van der Waals surface area contributed by atoms with Gasteiger partial charge >= 0.3 is 8.03 Å². The predicted octanol–water partition coefficient (Wildman–Crippen LogP) is 5.04. The van der Waals surface area contributed by atoms with Crippen LogP contribution in [-0.2, 0) is 4.57 Å². The van der Waals surface area contributed by atoms with Gasteiger partial charge in [0.05, 0.1) is 6.10 Å². The average molecular weight is 423 g/mol. The zero-order valence-electron chi connectivity index (χ0n) is 16.4. The molecule has 1 aliphatic rings. The fourth-order valence-corrected chi connectivity index (χ4v) is 4.69. The lowest BCUT2D eigenvalue weighted by Gasteiger charge is -2.22. The number of aliphatic hydroxyl groups is 2. The molecule has 3 N–H and O–H groups in total. The second-order valence-corrected chi connectivity index (χ2v) is 9.00. The minimum absolute atomic E-state index is 0.134. The van der Waals surface area contributed by atoms with Crippen LogP contribution in [0.4, 0.5) is 4.39 Å². The highest BCUT2D eigenvalue weighted by Crippen LogP contribution is 2.41. The highest BCUT2D eigenvalue weighted by Gasteiger charge is 2.42. The number of rotatable bonds is 10. The summed E-state index contributed by atoms with van der Waals surface area (Å²) < 4.78 is 30.8. The standard InChI is InChI=1S/C22H28FO5P/c23-18-14-20(25)17(8-3-1-2-6-12-29(26)27)16(18)10-11-19(24)22-13-15-7-4-5-9-21(15)28-22/h1,3-5,7,9,13,16-20,24-25H,2,6,8,10-12,14H2/p+1/b3-1-/t16-,17-,18+,19+,20+/m1/s1. The maximum absolute atomic E-state index is 14.5. The van der Waals surface area contributed by atoms with Crippen LogP contribution in [0.1, 0.15) is 50.4 Å². The van der Waals surface area contributed by atoms with E-state index in [-0.39, 0.29) is 24.4 Å². The number of aliphatic hydroxyl groups excluding tert-OH is 2. The number of fused-ring (bicyclic) bond motifs is 1. The fourth-order valence-electron chi connectivity index (χ4n) is 4.24. The van der Waals surface area contributed by atoms with Crippen LogP contribution in [-0.4, -0.2) is 33.5 Å². The quantitative estimate of drug-likeness (QED) is 0.283. The smallest absolute Gasteiger partial charge is 0.458 e. The Bertz CT molecular complexity index is 802. The van der Waals surface area contributed by atoms with Gasteiger partial charge in [0.1, 0.15) is 23.6 Å². The second kappa shape index (κ2) is 10.4. The van der Waals surface area contributed by atoms with Gasteiger partial charge in [0.15, 0.2) is 6.16 Å². The molecule has 1 unspecified atom stereocenters. The number of allylic oxidation sites excluding steroid dienone is 2. The predicted molar refractivity (Wildman–Crippen MR) is 111 cm³/mol. The van der Waals surface area contributed by atoms with Gasteiger partial charge in [0, 0.05) is 11.8 Å². The van der Waals surface area contributed by atoms with E-state index in [2.05, 4.69) is 0 Å². The van der Waals surface area contributed by atoms with E-state index in [1.807, 2.05) is 42.5 Å². The zero-order valence-corrected chi connectivity index (χ0v) is 17.3. The number of halogens is 1. The largest absolute Gasteiger partial charge is 0.505 e. The van der Waals surface area contributed by atoms with E-state index in [1.165, 1.54) is 0 Å². The molecule has 0 saturated heterocycles. The molecule has 0 spiro atoms. The Morgan fingerprint density at radius 2 is 2.07 bits per heavy atom. The topological polar surface area (TPSA) is 90.9 Å². The third kappa shape index (κ3) is 5.95. The third-order valence-electron chi connectivity index (χ3n) is 5.82. The lowest BCUT2D eigenvalue weighted by Crippen LogP contribution is -2.21. The van der Waals surface area contributed by atoms with E-state index >= 15 is 0 Å². The van der Waals surface area contributed by atoms with Crippen LogP contribution in [0.15, 0.2) is 46.9 Å². The molecule has 0 radical (unpaired) electrons. The lowest BCUT2D eigenvalue weighted by molar-refractivity contribution is 0.0983. The van der Waals surface area contributed by atoms with Gasteiger partial charge in [0.25, 0.3) is 0 Å². The van der Waals surface area contributed by atoms with Crippen molar-refractivity contribution in [2.24, 2.45) is 11.8 Å². The molecule has 0 amide bonds. The first kappa shape index (κ1) is 22.1. The maximum Gasteiger partial charge on any atom is 0.505 e. The summed E-state index contributed by atoms with van der Waals surface area (Å²) in [6.45, 7) is 0. The molecule has 29 heavy (non-hydrogen) atoms. The molecule has 1 fully saturated rings. The van der Waals surface area contributed by atoms with Crippen molar-refractivity contribution < 1.29 is 28.5 Å². The summed E-state index contributed by atoms with van der Waals surface area (Å²) in [5.74, 6) is -0.00184. The van der Waals surface area contributed by atoms with Crippen molar-refractivity contribution in [1.82, 2.24) is 0 Å². The highest BCUT2D eigenvalue weighted by molar-refractivity contribution is 7.37. The number of furan rings is 1. The van der Waals surface area contributed by atoms with Crippen LogP contribution in [0.2, 0.25) is 0 Å². The van der Waals surface area contributed by atoms with Crippen LogP contribution < -0.4 is 0 Å². The molecule has 0 bridgehead atoms. The first-order valence-electron chi connectivity index (χ1n) is 10.2. The summed E-state index contributed by atoms with van der Waals surface area (Å²) in [6, 6.07) is 9.36. The Kier molecular flexibility index (Phi) is 7.96. The Morgan fingerprint density at radius 1 is 1.28 bits per heavy atom. The summed E-state index contributed by atoms with van der Waals surface area (Å²) >= 11 is 0. The average Bonchev–Trinajstić information content (AvgIpc) is 3.23. The molecule has 1 aliphatic carbocycles. The van der Waals surface area contributed by atoms with E-state index in [9.17, 15) is 19.2 Å². The van der Waals surface area contributed by atoms with Crippen LogP contribution in [0, 0.1) is 11.8 Å². The van der Waals surface area contributed by atoms with Crippen molar-refractivity contribution in [3.05, 3.63) is 48.2 Å². The lowest BCUT2D eigenvalue weighted by atomic mass is 9.86. The first-order chi connectivity index (χ1) is 14.0. The van der Waals surface area contributed by atoms with Crippen LogP contribution in [0.25, 0.3) is 11.0 Å². The fraction of sp³-hybridized carbons (Fsp3) is 0.545. The van der Waals surface area contributed by atoms with Gasteiger partial charge in [-0.25, -0.2) is 4.39 Å². The number of alkyl halides is 1. The molecule has 1 aromatic carbocycles. The van der Waals surface area contributed by atoms with E-state index in [1.54, 1.807) is 0 Å². The molecule has 2 aromatic rings. The Labute approximate surface area is 171 Å². The molecule has 7 heteroatoms. The van der Waals surface area contributed by atoms with Gasteiger partial charge in [-0.15, -0.1) is 0 Å². The zero-order chi connectivity index (χ0) is 20.8. The summed E-state index contributed by atoms with van der Waals surface area (Å²) in [5.41, 5.74) is 0.718. The van der Waals surface area contributed by atoms with E-state index in [0.717, 1.165) is 11.0 Å². The van der Waals surface area contributed by atoms with E-state index in [4.69, 9.17) is 9.31 Å². The van der Waals surface area contributed by atoms with Crippen LogP contribution in [0.5, 0.6) is 0 Å². The molecule has 3 rings (SSSR count). The van der Waals surface area contributed by atoms with Crippen molar-refractivity contribution in [2.75, 3.05) is 6.16 Å². The van der Waals surface area contributed by atoms with Gasteiger partial charge in [-0.1, -0.05) is 30.4 Å². The van der Waals surface area contributed by atoms with Crippen molar-refractivity contribution >= 4 is 19.0 Å². The van der Waals surface area contributed by atoms with Gasteiger partial charge in [-0.05, 0) is 60.6 Å². The number of para-hydroxylation sites is 1. The molecule has 1 heterocycles. The summed E-state index contributed by atoms with van der Waals surface area (Å²) in [6.07, 6.45) is 4.45. The van der Waals surface area contributed by atoms with Gasteiger partial charge in [0.2, 0.25) is 0 Å². The highest BCUT2D eigenvalue weighted by atomic mass is 31.1. The molecule has 5 nitrogen and oxygen atoms in total. The molecule has 6 atom stereocenters. The minimum atomic E-state index is -2.09. The van der Waals surface area contributed by atoms with E-state index in [0.29, 0.717) is 37.9 Å². The van der Waals surface area contributed by atoms with Gasteiger partial charge in [-0.3, -0.25) is 0 Å². The Hall–Kier alpha value is -1.59. The molecule has 1 saturated carbocycles. The Morgan fingerprint density at radius 3 is 2.83 bits per heavy atom. The third-order valence-corrected chi connectivity index (χ3v) is 6.52. The summed E-state index contributed by atoms with van der Waals surface area (Å²) in [4.78, 5) is 8.79. The Balaban J connectivity index is 1.53. The van der Waals surface area contributed by atoms with Gasteiger partial charge in [-0.2, -0.15) is 4.89 Å². The van der Waals surface area contributed by atoms with Crippen molar-refractivity contribution in [3.63, 3.8) is 0 Å². The molecule has 0 aliphatic heterocycles. The number of hydrogen-bond donors (Lipinski definition) is 3. The first-order valence-corrected chi connectivity index (χ1v) is 11.6. The van der Waals surface area contributed by atoms with E-state index < -0.39 is 26.4 Å². The monoisotopic (exact) mass is 423 g/mol. The number of unbranched alkanes of at least 4 members (excludes halogenated alkanes) is 1. The van der Waals surface area contributed by atoms with Crippen molar-refractivity contribution in [3.8, 4) is 0 Å². The molecule has 1 aromatic heterocycles. The van der Waals surface area contributed by atoms with Crippen LogP contribution in [0.3, 0.4) is 0 Å². The number of benzene rings is 1. The van der Waals surface area contributed by atoms with Crippen LogP contribution >= 0.6 is 8.03 Å². The summed E-state index contributed by atoms with van der Waals surface area (Å²) in [5, 5.41) is 21.7. The molecular formula is C22H29FO5P+.